The van der Waals surface area contributed by atoms with Gasteiger partial charge in [0.25, 0.3) is 0 Å². The van der Waals surface area contributed by atoms with Crippen LogP contribution >= 0.6 is 15.9 Å². The van der Waals surface area contributed by atoms with E-state index in [0.29, 0.717) is 5.75 Å². The fourth-order valence-electron chi connectivity index (χ4n) is 2.91. The van der Waals surface area contributed by atoms with Crippen molar-refractivity contribution in [3.63, 3.8) is 0 Å². The molecule has 1 aliphatic heterocycles. The minimum Gasteiger partial charge on any atom is -0.507 e. The highest BCUT2D eigenvalue weighted by Crippen LogP contribution is 2.32. The van der Waals surface area contributed by atoms with Crippen LogP contribution in [0.5, 0.6) is 5.75 Å². The molecular formula is C17H18BrNO. The Labute approximate surface area is 128 Å². The molecule has 1 N–H and O–H groups in total. The van der Waals surface area contributed by atoms with Gasteiger partial charge in [0, 0.05) is 28.8 Å². The number of aromatic hydroxyl groups is 1. The highest BCUT2D eigenvalue weighted by atomic mass is 79.9. The summed E-state index contributed by atoms with van der Waals surface area (Å²) in [5.74, 6) is 0.413. The van der Waals surface area contributed by atoms with Crippen LogP contribution in [0.25, 0.3) is 0 Å². The van der Waals surface area contributed by atoms with E-state index in [1.165, 1.54) is 17.7 Å². The Balaban J connectivity index is 1.93. The minimum absolute atomic E-state index is 0.413. The van der Waals surface area contributed by atoms with Crippen molar-refractivity contribution >= 4 is 21.6 Å². The predicted molar refractivity (Wildman–Crippen MR) is 86.4 cm³/mol. The number of aryl methyl sites for hydroxylation is 2. The first-order valence-corrected chi connectivity index (χ1v) is 7.75. The molecule has 0 aliphatic carbocycles. The van der Waals surface area contributed by atoms with Crippen molar-refractivity contribution in [2.24, 2.45) is 0 Å². The molecule has 0 aromatic heterocycles. The molecule has 3 rings (SSSR count). The molecule has 3 heteroatoms. The van der Waals surface area contributed by atoms with Gasteiger partial charge in [0.2, 0.25) is 0 Å². The number of phenols is 1. The van der Waals surface area contributed by atoms with Gasteiger partial charge in [0.15, 0.2) is 0 Å². The molecule has 104 valence electrons. The van der Waals surface area contributed by atoms with Crippen LogP contribution in [-0.2, 0) is 13.0 Å². The van der Waals surface area contributed by atoms with Crippen molar-refractivity contribution in [2.45, 2.75) is 26.3 Å². The maximum absolute atomic E-state index is 10.3. The van der Waals surface area contributed by atoms with Gasteiger partial charge in [0.05, 0.1) is 0 Å². The molecule has 1 aliphatic rings. The summed E-state index contributed by atoms with van der Waals surface area (Å²) >= 11 is 3.51. The van der Waals surface area contributed by atoms with Crippen LogP contribution in [0.2, 0.25) is 0 Å². The molecule has 0 saturated heterocycles. The van der Waals surface area contributed by atoms with Gasteiger partial charge in [-0.25, -0.2) is 0 Å². The van der Waals surface area contributed by atoms with E-state index in [0.717, 1.165) is 35.1 Å². The van der Waals surface area contributed by atoms with Crippen molar-refractivity contribution in [3.8, 4) is 5.75 Å². The number of fused-ring (bicyclic) bond motifs is 1. The van der Waals surface area contributed by atoms with Crippen molar-refractivity contribution in [1.29, 1.82) is 0 Å². The summed E-state index contributed by atoms with van der Waals surface area (Å²) in [5.41, 5.74) is 4.61. The van der Waals surface area contributed by atoms with Crippen LogP contribution < -0.4 is 4.90 Å². The zero-order valence-electron chi connectivity index (χ0n) is 11.6. The largest absolute Gasteiger partial charge is 0.507 e. The number of rotatable bonds is 2. The summed E-state index contributed by atoms with van der Waals surface area (Å²) < 4.78 is 1.02. The Kier molecular flexibility index (Phi) is 3.70. The quantitative estimate of drug-likeness (QED) is 0.880. The second-order valence-electron chi connectivity index (χ2n) is 5.38. The molecule has 20 heavy (non-hydrogen) atoms. The molecular weight excluding hydrogens is 314 g/mol. The first kappa shape index (κ1) is 13.5. The minimum atomic E-state index is 0.413. The van der Waals surface area contributed by atoms with Crippen LogP contribution in [0.3, 0.4) is 0 Å². The van der Waals surface area contributed by atoms with Crippen LogP contribution in [-0.4, -0.2) is 11.7 Å². The second-order valence-corrected chi connectivity index (χ2v) is 6.30. The smallest absolute Gasteiger partial charge is 0.123 e. The number of benzene rings is 2. The third-order valence-electron chi connectivity index (χ3n) is 3.91. The van der Waals surface area contributed by atoms with Crippen LogP contribution in [0.1, 0.15) is 23.1 Å². The van der Waals surface area contributed by atoms with Crippen molar-refractivity contribution < 1.29 is 5.11 Å². The molecule has 2 aromatic carbocycles. The Morgan fingerprint density at radius 1 is 1.25 bits per heavy atom. The fraction of sp³-hybridized carbons (Fsp3) is 0.294. The molecule has 0 atom stereocenters. The normalized spacial score (nSPS) is 14.2. The first-order valence-electron chi connectivity index (χ1n) is 6.96. The lowest BCUT2D eigenvalue weighted by molar-refractivity contribution is 0.462. The average Bonchev–Trinajstić information content (AvgIpc) is 2.44. The van der Waals surface area contributed by atoms with Crippen molar-refractivity contribution in [1.82, 2.24) is 0 Å². The van der Waals surface area contributed by atoms with E-state index in [1.54, 1.807) is 0 Å². The average molecular weight is 332 g/mol. The van der Waals surface area contributed by atoms with Gasteiger partial charge in [-0.05, 0) is 49.1 Å². The lowest BCUT2D eigenvalue weighted by Crippen LogP contribution is -2.28. The lowest BCUT2D eigenvalue weighted by atomic mass is 10.0. The van der Waals surface area contributed by atoms with Crippen LogP contribution in [0, 0.1) is 6.92 Å². The topological polar surface area (TPSA) is 23.5 Å². The number of hydrogen-bond donors (Lipinski definition) is 1. The monoisotopic (exact) mass is 331 g/mol. The lowest BCUT2D eigenvalue weighted by Gasteiger charge is -2.31. The van der Waals surface area contributed by atoms with Gasteiger partial charge in [-0.1, -0.05) is 34.1 Å². The van der Waals surface area contributed by atoms with E-state index < -0.39 is 0 Å². The summed E-state index contributed by atoms with van der Waals surface area (Å²) in [6.45, 7) is 3.74. The summed E-state index contributed by atoms with van der Waals surface area (Å²) in [4.78, 5) is 2.36. The third kappa shape index (κ3) is 2.55. The standard InChI is InChI=1S/C17H18BrNO/c1-12-9-15(18)10-14(17(12)20)11-19-8-4-6-13-5-2-3-7-16(13)19/h2-3,5,7,9-10,20H,4,6,8,11H2,1H3. The summed E-state index contributed by atoms with van der Waals surface area (Å²) in [7, 11) is 0. The van der Waals surface area contributed by atoms with E-state index in [4.69, 9.17) is 0 Å². The SMILES string of the molecule is Cc1cc(Br)cc(CN2CCCc3ccccc32)c1O. The Morgan fingerprint density at radius 2 is 2.05 bits per heavy atom. The van der Waals surface area contributed by atoms with Gasteiger partial charge < -0.3 is 10.0 Å². The van der Waals surface area contributed by atoms with Gasteiger partial charge in [0.1, 0.15) is 5.75 Å². The summed E-state index contributed by atoms with van der Waals surface area (Å²) in [6.07, 6.45) is 2.32. The molecule has 0 bridgehead atoms. The molecule has 2 nitrogen and oxygen atoms in total. The zero-order chi connectivity index (χ0) is 14.1. The second kappa shape index (κ2) is 5.49. The molecule has 0 fully saturated rings. The highest BCUT2D eigenvalue weighted by molar-refractivity contribution is 9.10. The maximum atomic E-state index is 10.3. The van der Waals surface area contributed by atoms with Crippen molar-refractivity contribution in [3.05, 3.63) is 57.6 Å². The number of nitrogens with zero attached hydrogens (tertiary/aromatic N) is 1. The highest BCUT2D eigenvalue weighted by Gasteiger charge is 2.18. The van der Waals surface area contributed by atoms with Gasteiger partial charge in [-0.15, -0.1) is 0 Å². The van der Waals surface area contributed by atoms with Crippen LogP contribution in [0.4, 0.5) is 5.69 Å². The first-order chi connectivity index (χ1) is 9.65. The van der Waals surface area contributed by atoms with Crippen molar-refractivity contribution in [2.75, 3.05) is 11.4 Å². The van der Waals surface area contributed by atoms with Gasteiger partial charge >= 0.3 is 0 Å². The van der Waals surface area contributed by atoms with E-state index in [2.05, 4.69) is 45.1 Å². The predicted octanol–water partition coefficient (Wildman–Crippen LogP) is 4.42. The Bertz CT molecular complexity index is 639. The van der Waals surface area contributed by atoms with E-state index in [1.807, 2.05) is 19.1 Å². The zero-order valence-corrected chi connectivity index (χ0v) is 13.2. The number of anilines is 1. The van der Waals surface area contributed by atoms with Gasteiger partial charge in [-0.2, -0.15) is 0 Å². The molecule has 0 unspecified atom stereocenters. The molecule has 2 aromatic rings. The molecule has 0 saturated carbocycles. The van der Waals surface area contributed by atoms with Crippen LogP contribution in [0.15, 0.2) is 40.9 Å². The summed E-state index contributed by atoms with van der Waals surface area (Å²) in [6, 6.07) is 12.5. The van der Waals surface area contributed by atoms with E-state index in [-0.39, 0.29) is 0 Å². The molecule has 0 spiro atoms. The van der Waals surface area contributed by atoms with E-state index in [9.17, 15) is 5.11 Å². The molecule has 1 heterocycles. The van der Waals surface area contributed by atoms with Gasteiger partial charge in [-0.3, -0.25) is 0 Å². The number of hydrogen-bond acceptors (Lipinski definition) is 2. The maximum Gasteiger partial charge on any atom is 0.123 e. The summed E-state index contributed by atoms with van der Waals surface area (Å²) in [5, 5.41) is 10.3. The Morgan fingerprint density at radius 3 is 2.90 bits per heavy atom. The Hall–Kier alpha value is -1.48. The molecule has 0 amide bonds. The molecule has 0 radical (unpaired) electrons. The number of para-hydroxylation sites is 1. The third-order valence-corrected chi connectivity index (χ3v) is 4.37. The van der Waals surface area contributed by atoms with E-state index >= 15 is 0 Å². The number of halogens is 1. The fourth-order valence-corrected chi connectivity index (χ4v) is 3.53. The number of phenolic OH excluding ortho intramolecular Hbond substituents is 1.